The maximum Gasteiger partial charge on any atom is 0.706 e. The van der Waals surface area contributed by atoms with Gasteiger partial charge in [-0.25, -0.2) is 0 Å². The van der Waals surface area contributed by atoms with Crippen molar-refractivity contribution >= 4 is 32.1 Å². The van der Waals surface area contributed by atoms with E-state index < -0.39 is 91.8 Å². The number of pyridine rings is 2. The predicted molar refractivity (Wildman–Crippen MR) is 319 cm³/mol. The van der Waals surface area contributed by atoms with Crippen LogP contribution in [0, 0.1) is 49.4 Å². The van der Waals surface area contributed by atoms with Crippen LogP contribution >= 0.6 is 8.25 Å². The number of aryl methyl sites for hydroxylation is 4. The van der Waals surface area contributed by atoms with Gasteiger partial charge in [-0.3, -0.25) is 29.1 Å². The number of nitrogens with zero attached hydrogens (tertiary/aromatic N) is 2. The summed E-state index contributed by atoms with van der Waals surface area (Å²) < 4.78 is 65.1. The molecule has 17 nitrogen and oxygen atoms in total. The molecule has 2 aromatic heterocycles. The van der Waals surface area contributed by atoms with Crippen molar-refractivity contribution in [1.82, 2.24) is 9.97 Å². The first-order valence-corrected chi connectivity index (χ1v) is 30.7. The van der Waals surface area contributed by atoms with Crippen LogP contribution in [0.5, 0.6) is 23.0 Å². The Morgan fingerprint density at radius 3 is 1.00 bits per heavy atom. The Hall–Kier alpha value is -6.16. The lowest BCUT2D eigenvalue weighted by Gasteiger charge is -2.32. The molecule has 18 heteroatoms. The highest BCUT2D eigenvalue weighted by atomic mass is 31.1. The van der Waals surface area contributed by atoms with Gasteiger partial charge >= 0.3 is 43.7 Å². The summed E-state index contributed by atoms with van der Waals surface area (Å²) in [6, 6.07) is 13.9. The minimum absolute atomic E-state index is 0.150. The van der Waals surface area contributed by atoms with Crippen LogP contribution in [0.15, 0.2) is 48.5 Å². The second-order valence-corrected chi connectivity index (χ2v) is 28.1. The van der Waals surface area contributed by atoms with E-state index in [-0.39, 0.29) is 34.8 Å². The van der Waals surface area contributed by atoms with Crippen molar-refractivity contribution in [3.63, 3.8) is 0 Å². The molecule has 2 fully saturated rings. The molecular weight excluding hydrogens is 1090 g/mol. The zero-order chi connectivity index (χ0) is 62.2. The molecule has 2 saturated carbocycles. The van der Waals surface area contributed by atoms with Gasteiger partial charge in [0.05, 0.1) is 33.0 Å². The highest BCUT2D eigenvalue weighted by molar-refractivity contribution is 7.33. The quantitative estimate of drug-likeness (QED) is 0.0323. The highest BCUT2D eigenvalue weighted by Gasteiger charge is 2.55. The van der Waals surface area contributed by atoms with Crippen LogP contribution in [0.2, 0.25) is 0 Å². The molecule has 0 radical (unpaired) electrons. The van der Waals surface area contributed by atoms with Gasteiger partial charge in [-0.2, -0.15) is 0 Å². The van der Waals surface area contributed by atoms with Crippen LogP contribution in [0.4, 0.5) is 0 Å². The fraction of sp³-hybridized carbons (Fsp3) is 0.606. The molecule has 2 aliphatic carbocycles. The summed E-state index contributed by atoms with van der Waals surface area (Å²) in [5, 5.41) is 21.7. The second kappa shape index (κ2) is 27.5. The minimum atomic E-state index is -3.64. The van der Waals surface area contributed by atoms with E-state index in [2.05, 4.69) is 0 Å². The predicted octanol–water partition coefficient (Wildman–Crippen LogP) is 14.3. The van der Waals surface area contributed by atoms with E-state index in [1.807, 2.05) is 39.8 Å². The standard InChI is InChI=1S/C66H91N2O15P/c1-41-31-49(32-42(2)51(41)35-47-27-29-53(69)55(67-47)45-23-19-17-20-24-45)80-65(37-76-57(71)61(5,6)7,38-77-58(72)62(8,9)10)82-84(75)83-66(39-78-59(73)63(11,12)13,40-79-60(74)64(14,15)16)81-50-33-43(3)52(44(4)34-50)36-48-28-30-54(70)56(68-48)46-25-21-18-22-26-46/h27-34,45-46H,17-26,35-40H2,1-16H3,(H-,69,70)/p+1. The van der Waals surface area contributed by atoms with E-state index in [4.69, 9.17) is 47.4 Å². The number of benzene rings is 2. The molecule has 0 aliphatic heterocycles. The summed E-state index contributed by atoms with van der Waals surface area (Å²) in [5.41, 5.74) is 3.63. The molecule has 4 aromatic rings. The topological polar surface area (TPSA) is 225 Å². The summed E-state index contributed by atoms with van der Waals surface area (Å²) in [4.78, 5) is 64.7. The lowest BCUT2D eigenvalue weighted by atomic mass is 9.86. The maximum atomic E-state index is 15.3. The number of ether oxygens (including phenoxy) is 6. The van der Waals surface area contributed by atoms with Crippen molar-refractivity contribution in [2.24, 2.45) is 21.7 Å². The van der Waals surface area contributed by atoms with Gasteiger partial charge in [0.1, 0.15) is 23.0 Å². The van der Waals surface area contributed by atoms with E-state index in [9.17, 15) is 29.4 Å². The number of aromatic nitrogens is 2. The van der Waals surface area contributed by atoms with Gasteiger partial charge in [-0.05, 0) is 218 Å². The van der Waals surface area contributed by atoms with Gasteiger partial charge in [-0.15, -0.1) is 0 Å². The number of hydrogen-bond acceptors (Lipinski definition) is 17. The van der Waals surface area contributed by atoms with E-state index in [1.54, 1.807) is 119 Å². The van der Waals surface area contributed by atoms with Crippen LogP contribution < -0.4 is 9.47 Å². The summed E-state index contributed by atoms with van der Waals surface area (Å²) in [7, 11) is -3.64. The van der Waals surface area contributed by atoms with E-state index in [1.165, 1.54) is 0 Å². The SMILES string of the molecule is Cc1cc(OC(COC(=O)C(C)(C)C)(COC(=O)C(C)(C)C)O[P+](=O)OC(COC(=O)C(C)(C)C)(COC(=O)C(C)(C)C)Oc2cc(C)c(Cc3ccc(O)c(C4CCCCC4)n3)c(C)c2)cc(C)c1Cc1ccc(O)c(C2CCCCC2)n1. The molecule has 6 rings (SSSR count). The van der Waals surface area contributed by atoms with Gasteiger partial charge < -0.3 is 38.6 Å². The lowest BCUT2D eigenvalue weighted by molar-refractivity contribution is -0.224. The zero-order valence-electron chi connectivity index (χ0n) is 52.6. The molecule has 2 aliphatic rings. The monoisotopic (exact) mass is 1180 g/mol. The first-order valence-electron chi connectivity index (χ1n) is 29.6. The van der Waals surface area contributed by atoms with Crippen molar-refractivity contribution in [3.05, 3.63) is 105 Å². The number of aromatic hydroxyl groups is 2. The lowest BCUT2D eigenvalue weighted by Crippen LogP contribution is -2.51. The third kappa shape index (κ3) is 18.4. The third-order valence-corrected chi connectivity index (χ3v) is 16.2. The zero-order valence-corrected chi connectivity index (χ0v) is 53.5. The van der Waals surface area contributed by atoms with Gasteiger partial charge in [-0.1, -0.05) is 47.6 Å². The number of carbonyl (C=O) groups is 4. The van der Waals surface area contributed by atoms with Crippen molar-refractivity contribution in [1.29, 1.82) is 0 Å². The fourth-order valence-corrected chi connectivity index (χ4v) is 11.0. The Morgan fingerprint density at radius 2 is 0.738 bits per heavy atom. The molecule has 2 N–H and O–H groups in total. The normalized spacial score (nSPS) is 15.0. The molecule has 0 unspecified atom stereocenters. The summed E-state index contributed by atoms with van der Waals surface area (Å²) >= 11 is 0. The molecule has 460 valence electrons. The summed E-state index contributed by atoms with van der Waals surface area (Å²) in [6.07, 6.45) is 11.3. The van der Waals surface area contributed by atoms with Crippen molar-refractivity contribution in [2.75, 3.05) is 26.4 Å². The first kappa shape index (κ1) is 67.0. The Kier molecular flexibility index (Phi) is 21.9. The Morgan fingerprint density at radius 1 is 0.464 bits per heavy atom. The largest absolute Gasteiger partial charge is 0.706 e. The van der Waals surface area contributed by atoms with Crippen molar-refractivity contribution < 1.29 is 71.4 Å². The molecule has 2 heterocycles. The molecule has 84 heavy (non-hydrogen) atoms. The summed E-state index contributed by atoms with van der Waals surface area (Å²) in [6.45, 7) is 24.1. The van der Waals surface area contributed by atoms with Crippen molar-refractivity contribution in [2.45, 2.75) is 211 Å². The molecule has 0 spiro atoms. The maximum absolute atomic E-state index is 15.3. The van der Waals surface area contributed by atoms with E-state index in [0.717, 1.165) is 109 Å². The van der Waals surface area contributed by atoms with Crippen LogP contribution in [0.3, 0.4) is 0 Å². The molecule has 0 amide bonds. The van der Waals surface area contributed by atoms with Gasteiger partial charge in [0.2, 0.25) is 0 Å². The van der Waals surface area contributed by atoms with E-state index in [0.29, 0.717) is 24.2 Å². The highest BCUT2D eigenvalue weighted by Crippen LogP contribution is 2.43. The van der Waals surface area contributed by atoms with Gasteiger partial charge in [0, 0.05) is 40.6 Å². The number of carbonyl (C=O) groups excluding carboxylic acids is 4. The average molecular weight is 1180 g/mol. The van der Waals surface area contributed by atoms with Crippen LogP contribution in [-0.4, -0.2) is 82.1 Å². The summed E-state index contributed by atoms with van der Waals surface area (Å²) in [5.74, 6) is -6.63. The average Bonchev–Trinajstić information content (AvgIpc) is 2.85. The fourth-order valence-electron chi connectivity index (χ4n) is 10.1. The number of esters is 4. The Balaban J connectivity index is 1.43. The Labute approximate surface area is 498 Å². The van der Waals surface area contributed by atoms with E-state index >= 15 is 4.57 Å². The molecular formula is C66H92N2O15P+. The minimum Gasteiger partial charge on any atom is -0.506 e. The van der Waals surface area contributed by atoms with Crippen LogP contribution in [0.25, 0.3) is 0 Å². The molecule has 0 atom stereocenters. The Bertz CT molecular complexity index is 2700. The van der Waals surface area contributed by atoms with Gasteiger partial charge in [0.25, 0.3) is 0 Å². The molecule has 0 saturated heterocycles. The van der Waals surface area contributed by atoms with Crippen LogP contribution in [0.1, 0.15) is 215 Å². The third-order valence-electron chi connectivity index (χ3n) is 15.2. The van der Waals surface area contributed by atoms with Gasteiger partial charge in [0.15, 0.2) is 26.4 Å². The number of hydrogen-bond donors (Lipinski definition) is 2. The second-order valence-electron chi connectivity index (χ2n) is 27.2. The smallest absolute Gasteiger partial charge is 0.506 e. The van der Waals surface area contributed by atoms with Crippen LogP contribution in [-0.2, 0) is 64.6 Å². The first-order chi connectivity index (χ1) is 39.1. The molecule has 2 aromatic carbocycles. The number of rotatable bonds is 22. The molecule has 0 bridgehead atoms. The van der Waals surface area contributed by atoms with Crippen molar-refractivity contribution in [3.8, 4) is 23.0 Å².